The Hall–Kier alpha value is -1.56. The first-order chi connectivity index (χ1) is 13.5. The topological polar surface area (TPSA) is 111 Å². The molecule has 12 heteroatoms. The van der Waals surface area contributed by atoms with Crippen molar-refractivity contribution in [2.75, 3.05) is 20.8 Å². The van der Waals surface area contributed by atoms with E-state index in [4.69, 9.17) is 32.7 Å². The van der Waals surface area contributed by atoms with Crippen LogP contribution in [0.2, 0.25) is 10.0 Å². The van der Waals surface area contributed by atoms with E-state index >= 15 is 0 Å². The van der Waals surface area contributed by atoms with Crippen LogP contribution in [0, 0.1) is 0 Å². The Bertz CT molecular complexity index is 1090. The van der Waals surface area contributed by atoms with E-state index in [0.29, 0.717) is 0 Å². The number of methoxy groups -OCH3 is 2. The molecule has 1 unspecified atom stereocenters. The van der Waals surface area contributed by atoms with Crippen molar-refractivity contribution < 1.29 is 26.3 Å². The molecule has 0 aliphatic carbocycles. The Morgan fingerprint density at radius 1 is 0.862 bits per heavy atom. The summed E-state index contributed by atoms with van der Waals surface area (Å²) in [5.41, 5.74) is 0. The maximum absolute atomic E-state index is 12.5. The second kappa shape index (κ2) is 9.50. The number of halogens is 2. The SMILES string of the molecule is COc1cc(S(=O)(=O)NCC(C)NS(=O)(=O)c2ccc(Cl)c(OC)c2)ccc1Cl. The molecule has 1 atom stereocenters. The molecule has 0 bridgehead atoms. The molecule has 0 saturated carbocycles. The highest BCUT2D eigenvalue weighted by molar-refractivity contribution is 7.90. The first kappa shape index (κ1) is 23.7. The van der Waals surface area contributed by atoms with E-state index < -0.39 is 26.1 Å². The summed E-state index contributed by atoms with van der Waals surface area (Å²) < 4.78 is 64.7. The zero-order valence-electron chi connectivity index (χ0n) is 15.8. The number of nitrogens with one attached hydrogen (secondary N) is 2. The van der Waals surface area contributed by atoms with Crippen LogP contribution in [0.1, 0.15) is 6.92 Å². The molecular formula is C17H20Cl2N2O6S2. The Labute approximate surface area is 180 Å². The molecular weight excluding hydrogens is 463 g/mol. The molecule has 2 aromatic rings. The van der Waals surface area contributed by atoms with Crippen LogP contribution in [-0.2, 0) is 20.0 Å². The number of sulfonamides is 2. The molecule has 2 aromatic carbocycles. The van der Waals surface area contributed by atoms with Gasteiger partial charge in [-0.15, -0.1) is 0 Å². The lowest BCUT2D eigenvalue weighted by atomic mass is 10.3. The van der Waals surface area contributed by atoms with Gasteiger partial charge in [-0.05, 0) is 31.2 Å². The number of benzene rings is 2. The summed E-state index contributed by atoms with van der Waals surface area (Å²) in [6.07, 6.45) is 0. The van der Waals surface area contributed by atoms with Gasteiger partial charge < -0.3 is 9.47 Å². The van der Waals surface area contributed by atoms with Gasteiger partial charge in [-0.1, -0.05) is 23.2 Å². The van der Waals surface area contributed by atoms with Crippen molar-refractivity contribution >= 4 is 43.2 Å². The van der Waals surface area contributed by atoms with Crippen LogP contribution in [0.5, 0.6) is 11.5 Å². The number of rotatable bonds is 9. The van der Waals surface area contributed by atoms with Gasteiger partial charge in [0.15, 0.2) is 0 Å². The summed E-state index contributed by atoms with van der Waals surface area (Å²) in [4.78, 5) is -0.118. The number of ether oxygens (including phenoxy) is 2. The molecule has 0 heterocycles. The fourth-order valence-electron chi connectivity index (χ4n) is 2.31. The van der Waals surface area contributed by atoms with Gasteiger partial charge in [-0.2, -0.15) is 0 Å². The van der Waals surface area contributed by atoms with Crippen molar-refractivity contribution in [3.05, 3.63) is 46.4 Å². The minimum atomic E-state index is -3.92. The van der Waals surface area contributed by atoms with Gasteiger partial charge in [0.05, 0.1) is 34.1 Å². The predicted molar refractivity (Wildman–Crippen MR) is 111 cm³/mol. The van der Waals surface area contributed by atoms with Gasteiger partial charge >= 0.3 is 0 Å². The predicted octanol–water partition coefficient (Wildman–Crippen LogP) is 2.66. The van der Waals surface area contributed by atoms with E-state index in [1.807, 2.05) is 0 Å². The van der Waals surface area contributed by atoms with Gasteiger partial charge in [0.2, 0.25) is 20.0 Å². The average molecular weight is 483 g/mol. The average Bonchev–Trinajstić information content (AvgIpc) is 2.66. The van der Waals surface area contributed by atoms with Crippen molar-refractivity contribution in [1.82, 2.24) is 9.44 Å². The van der Waals surface area contributed by atoms with E-state index in [1.165, 1.54) is 57.5 Å². The summed E-state index contributed by atoms with van der Waals surface area (Å²) in [6, 6.07) is 7.25. The fourth-order valence-corrected chi connectivity index (χ4v) is 5.10. The largest absolute Gasteiger partial charge is 0.495 e. The molecule has 8 nitrogen and oxygen atoms in total. The molecule has 0 spiro atoms. The molecule has 0 amide bonds. The standard InChI is InChI=1S/C17H20Cl2N2O6S2/c1-11(21-29(24,25)13-5-7-15(19)17(9-13)27-3)10-20-28(22,23)12-4-6-14(18)16(8-12)26-2/h4-9,11,20-21H,10H2,1-3H3. The van der Waals surface area contributed by atoms with Crippen LogP contribution in [0.25, 0.3) is 0 Å². The van der Waals surface area contributed by atoms with Crippen molar-refractivity contribution in [2.45, 2.75) is 22.8 Å². The van der Waals surface area contributed by atoms with Crippen LogP contribution in [0.15, 0.2) is 46.2 Å². The maximum Gasteiger partial charge on any atom is 0.240 e. The van der Waals surface area contributed by atoms with Crippen LogP contribution in [0.3, 0.4) is 0 Å². The van der Waals surface area contributed by atoms with E-state index in [2.05, 4.69) is 9.44 Å². The first-order valence-corrected chi connectivity index (χ1v) is 11.9. The smallest absolute Gasteiger partial charge is 0.240 e. The molecule has 160 valence electrons. The van der Waals surface area contributed by atoms with E-state index in [0.717, 1.165) is 0 Å². The molecule has 0 aromatic heterocycles. The minimum absolute atomic E-state index is 0.0590. The highest BCUT2D eigenvalue weighted by Gasteiger charge is 2.22. The van der Waals surface area contributed by atoms with E-state index in [1.54, 1.807) is 0 Å². The zero-order chi connectivity index (χ0) is 21.8. The minimum Gasteiger partial charge on any atom is -0.495 e. The van der Waals surface area contributed by atoms with Gasteiger partial charge in [-0.3, -0.25) is 0 Å². The lowest BCUT2D eigenvalue weighted by Crippen LogP contribution is -2.41. The number of hydrogen-bond donors (Lipinski definition) is 2. The number of hydrogen-bond acceptors (Lipinski definition) is 6. The third-order valence-corrected chi connectivity index (χ3v) is 7.43. The van der Waals surface area contributed by atoms with Crippen molar-refractivity contribution in [1.29, 1.82) is 0 Å². The fraction of sp³-hybridized carbons (Fsp3) is 0.294. The highest BCUT2D eigenvalue weighted by atomic mass is 35.5. The lowest BCUT2D eigenvalue weighted by Gasteiger charge is -2.16. The molecule has 0 aliphatic heterocycles. The quantitative estimate of drug-likeness (QED) is 0.568. The van der Waals surface area contributed by atoms with Crippen molar-refractivity contribution in [2.24, 2.45) is 0 Å². The Kier molecular flexibility index (Phi) is 7.77. The first-order valence-electron chi connectivity index (χ1n) is 8.19. The van der Waals surface area contributed by atoms with Gasteiger partial charge in [0, 0.05) is 24.7 Å². The third kappa shape index (κ3) is 5.97. The van der Waals surface area contributed by atoms with Gasteiger partial charge in [-0.25, -0.2) is 26.3 Å². The van der Waals surface area contributed by atoms with Gasteiger partial charge in [0.25, 0.3) is 0 Å². The molecule has 0 radical (unpaired) electrons. The monoisotopic (exact) mass is 482 g/mol. The molecule has 0 fully saturated rings. The van der Waals surface area contributed by atoms with Crippen molar-refractivity contribution in [3.63, 3.8) is 0 Å². The molecule has 0 saturated heterocycles. The van der Waals surface area contributed by atoms with Crippen LogP contribution < -0.4 is 18.9 Å². The second-order valence-electron chi connectivity index (χ2n) is 5.97. The Morgan fingerprint density at radius 3 is 1.76 bits per heavy atom. The highest BCUT2D eigenvalue weighted by Crippen LogP contribution is 2.28. The third-order valence-electron chi connectivity index (χ3n) is 3.80. The summed E-state index contributed by atoms with van der Waals surface area (Å²) >= 11 is 11.8. The van der Waals surface area contributed by atoms with E-state index in [-0.39, 0.29) is 37.9 Å². The maximum atomic E-state index is 12.5. The van der Waals surface area contributed by atoms with Gasteiger partial charge in [0.1, 0.15) is 11.5 Å². The lowest BCUT2D eigenvalue weighted by molar-refractivity contribution is 0.413. The van der Waals surface area contributed by atoms with E-state index in [9.17, 15) is 16.8 Å². The summed E-state index contributed by atoms with van der Waals surface area (Å²) in [6.45, 7) is 1.34. The summed E-state index contributed by atoms with van der Waals surface area (Å²) in [5.74, 6) is 0.416. The molecule has 2 rings (SSSR count). The normalized spacial score (nSPS) is 13.1. The summed E-state index contributed by atoms with van der Waals surface area (Å²) in [5, 5.41) is 0.539. The Morgan fingerprint density at radius 2 is 1.31 bits per heavy atom. The molecule has 2 N–H and O–H groups in total. The summed E-state index contributed by atoms with van der Waals surface area (Å²) in [7, 11) is -5.08. The molecule has 0 aliphatic rings. The van der Waals surface area contributed by atoms with Crippen LogP contribution in [0.4, 0.5) is 0 Å². The van der Waals surface area contributed by atoms with Crippen LogP contribution in [-0.4, -0.2) is 43.6 Å². The van der Waals surface area contributed by atoms with Crippen molar-refractivity contribution in [3.8, 4) is 11.5 Å². The second-order valence-corrected chi connectivity index (χ2v) is 10.3. The van der Waals surface area contributed by atoms with Crippen LogP contribution >= 0.6 is 23.2 Å². The zero-order valence-corrected chi connectivity index (χ0v) is 18.9. The molecule has 29 heavy (non-hydrogen) atoms. The Balaban J connectivity index is 2.09.